The summed E-state index contributed by atoms with van der Waals surface area (Å²) >= 11 is 0. The number of ether oxygens (including phenoxy) is 11. The Labute approximate surface area is 410 Å². The first-order chi connectivity index (χ1) is 34.0. The standard InChI is InChI=1S/C58H62O12/c1-56(2)65-38-58(70-56)55(52-48(37-64-58)68-57(3,4)69-52)66-44-30-45(43-28-18-9-19-29-43)49(59)46(31-44)50-53(62-34-41-24-14-7-15-25-41)54(63-35-42-26-16-8-17-27-42)51(61-33-40-22-12-6-13-23-40)47(67-50)36-60-32-39-20-10-5-11-21-39/h5-31,47-48,50-55,59H,32-38H2,1-4H3/t47-,48-,50+,51-,52-,53+,54+,55+,58+/m1/s1. The molecule has 0 bridgehead atoms. The average molecular weight is 951 g/mol. The number of fused-ring (bicyclic) bond motifs is 1. The van der Waals surface area contributed by atoms with Crippen LogP contribution in [0.1, 0.15) is 61.6 Å². The average Bonchev–Trinajstić information content (AvgIpc) is 3.88. The summed E-state index contributed by atoms with van der Waals surface area (Å²) in [6.07, 6.45) is -5.91. The zero-order valence-electron chi connectivity index (χ0n) is 40.1. The molecule has 0 saturated carbocycles. The van der Waals surface area contributed by atoms with Gasteiger partial charge in [0.05, 0.1) is 39.6 Å². The Bertz CT molecular complexity index is 2600. The van der Waals surface area contributed by atoms with Gasteiger partial charge < -0.3 is 57.2 Å². The van der Waals surface area contributed by atoms with Gasteiger partial charge in [0.1, 0.15) is 60.8 Å². The highest BCUT2D eigenvalue weighted by Crippen LogP contribution is 2.49. The van der Waals surface area contributed by atoms with Crippen LogP contribution in [0.15, 0.2) is 164 Å². The fourth-order valence-electron chi connectivity index (χ4n) is 9.86. The van der Waals surface area contributed by atoms with E-state index in [4.69, 9.17) is 52.1 Å². The third-order valence-electron chi connectivity index (χ3n) is 13.1. The Morgan fingerprint density at radius 1 is 0.571 bits per heavy atom. The lowest BCUT2D eigenvalue weighted by Crippen LogP contribution is -2.64. The summed E-state index contributed by atoms with van der Waals surface area (Å²) in [4.78, 5) is 0. The molecule has 366 valence electrons. The normalized spacial score (nSPS) is 27.8. The lowest BCUT2D eigenvalue weighted by molar-refractivity contribution is -0.320. The largest absolute Gasteiger partial charge is 0.507 e. The fourth-order valence-corrected chi connectivity index (χ4v) is 9.86. The topological polar surface area (TPSA) is 122 Å². The van der Waals surface area contributed by atoms with Crippen LogP contribution in [0.4, 0.5) is 0 Å². The summed E-state index contributed by atoms with van der Waals surface area (Å²) in [5, 5.41) is 12.8. The van der Waals surface area contributed by atoms with Gasteiger partial charge in [-0.2, -0.15) is 0 Å². The maximum atomic E-state index is 12.8. The van der Waals surface area contributed by atoms with E-state index in [-0.39, 0.29) is 45.4 Å². The van der Waals surface area contributed by atoms with Crippen LogP contribution in [-0.4, -0.2) is 85.0 Å². The van der Waals surface area contributed by atoms with Crippen molar-refractivity contribution in [2.45, 2.75) is 120 Å². The Kier molecular flexibility index (Phi) is 14.5. The lowest BCUT2D eigenvalue weighted by atomic mass is 9.88. The van der Waals surface area contributed by atoms with Gasteiger partial charge in [-0.15, -0.1) is 0 Å². The molecule has 70 heavy (non-hydrogen) atoms. The molecule has 4 saturated heterocycles. The Hall–Kier alpha value is -5.48. The SMILES string of the molecule is CC1(C)O[C@@H]2[C@@H](CO[C@]3(COC(C)(C)O3)[C@H]2Oc2cc(-c3ccccc3)c(O)c([C@@H]3O[C@H](COCc4ccccc4)[C@@H](OCc4ccccc4)[C@H](OCc4ccccc4)[C@H]3OCc3ccccc3)c2)O1. The van der Waals surface area contributed by atoms with Crippen molar-refractivity contribution in [1.82, 2.24) is 0 Å². The molecule has 12 nitrogen and oxygen atoms in total. The fraction of sp³-hybridized carbons (Fsp3) is 0.379. The second-order valence-corrected chi connectivity index (χ2v) is 19.2. The smallest absolute Gasteiger partial charge is 0.235 e. The summed E-state index contributed by atoms with van der Waals surface area (Å²) in [6, 6.07) is 53.3. The van der Waals surface area contributed by atoms with Crippen molar-refractivity contribution in [3.63, 3.8) is 0 Å². The van der Waals surface area contributed by atoms with Gasteiger partial charge in [-0.05, 0) is 67.6 Å². The summed E-state index contributed by atoms with van der Waals surface area (Å²) < 4.78 is 74.4. The molecule has 10 rings (SSSR count). The molecule has 4 heterocycles. The van der Waals surface area contributed by atoms with Crippen LogP contribution in [0.5, 0.6) is 11.5 Å². The third kappa shape index (κ3) is 11.0. The first-order valence-corrected chi connectivity index (χ1v) is 24.2. The molecular weight excluding hydrogens is 889 g/mol. The first kappa shape index (κ1) is 48.2. The monoisotopic (exact) mass is 950 g/mol. The van der Waals surface area contributed by atoms with E-state index in [1.54, 1.807) is 0 Å². The van der Waals surface area contributed by atoms with E-state index in [0.717, 1.165) is 27.8 Å². The van der Waals surface area contributed by atoms with Crippen molar-refractivity contribution < 1.29 is 57.2 Å². The van der Waals surface area contributed by atoms with Gasteiger partial charge in [0.25, 0.3) is 0 Å². The van der Waals surface area contributed by atoms with Crippen LogP contribution in [0.3, 0.4) is 0 Å². The van der Waals surface area contributed by atoms with Gasteiger partial charge in [-0.3, -0.25) is 0 Å². The van der Waals surface area contributed by atoms with Gasteiger partial charge in [0, 0.05) is 11.1 Å². The number of rotatable bonds is 17. The molecule has 4 fully saturated rings. The maximum Gasteiger partial charge on any atom is 0.235 e. The molecule has 6 aromatic rings. The molecular formula is C58H62O12. The van der Waals surface area contributed by atoms with Crippen molar-refractivity contribution in [1.29, 1.82) is 0 Å². The molecule has 4 aliphatic rings. The predicted molar refractivity (Wildman–Crippen MR) is 260 cm³/mol. The van der Waals surface area contributed by atoms with Gasteiger partial charge in [-0.25, -0.2) is 0 Å². The highest BCUT2D eigenvalue weighted by atomic mass is 16.9. The summed E-state index contributed by atoms with van der Waals surface area (Å²) in [6.45, 7) is 8.96. The summed E-state index contributed by atoms with van der Waals surface area (Å²) in [5.74, 6) is -2.84. The maximum absolute atomic E-state index is 12.8. The molecule has 4 aliphatic heterocycles. The van der Waals surface area contributed by atoms with Crippen LogP contribution in [0, 0.1) is 0 Å². The number of phenols is 1. The van der Waals surface area contributed by atoms with E-state index in [0.29, 0.717) is 23.5 Å². The van der Waals surface area contributed by atoms with Crippen molar-refractivity contribution in [3.8, 4) is 22.6 Å². The molecule has 0 unspecified atom stereocenters. The van der Waals surface area contributed by atoms with Gasteiger partial charge in [0.15, 0.2) is 17.7 Å². The van der Waals surface area contributed by atoms with Crippen molar-refractivity contribution in [2.75, 3.05) is 19.8 Å². The molecule has 6 aromatic carbocycles. The van der Waals surface area contributed by atoms with E-state index in [1.807, 2.05) is 191 Å². The van der Waals surface area contributed by atoms with Crippen LogP contribution in [0.25, 0.3) is 11.1 Å². The highest BCUT2D eigenvalue weighted by molar-refractivity contribution is 5.74. The minimum atomic E-state index is -1.34. The van der Waals surface area contributed by atoms with Crippen LogP contribution in [-0.2, 0) is 73.8 Å². The number of hydrogen-bond donors (Lipinski definition) is 1. The summed E-state index contributed by atoms with van der Waals surface area (Å²) in [5.41, 5.74) is 5.59. The molecule has 9 atom stereocenters. The van der Waals surface area contributed by atoms with Gasteiger partial charge >= 0.3 is 0 Å². The van der Waals surface area contributed by atoms with Crippen LogP contribution in [0.2, 0.25) is 0 Å². The van der Waals surface area contributed by atoms with E-state index in [9.17, 15) is 5.11 Å². The second-order valence-electron chi connectivity index (χ2n) is 19.2. The van der Waals surface area contributed by atoms with E-state index in [1.165, 1.54) is 0 Å². The third-order valence-corrected chi connectivity index (χ3v) is 13.1. The lowest BCUT2D eigenvalue weighted by Gasteiger charge is -2.47. The molecule has 1 N–H and O–H groups in total. The van der Waals surface area contributed by atoms with Crippen molar-refractivity contribution in [3.05, 3.63) is 192 Å². The molecule has 12 heteroatoms. The number of phenolic OH excluding ortho intramolecular Hbond substituents is 1. The van der Waals surface area contributed by atoms with E-state index >= 15 is 0 Å². The summed E-state index contributed by atoms with van der Waals surface area (Å²) in [7, 11) is 0. The minimum absolute atomic E-state index is 0.0121. The second kappa shape index (κ2) is 21.1. The number of benzene rings is 6. The van der Waals surface area contributed by atoms with Gasteiger partial charge in [0.2, 0.25) is 5.79 Å². The minimum Gasteiger partial charge on any atom is -0.507 e. The number of aromatic hydroxyl groups is 1. The number of hydrogen-bond acceptors (Lipinski definition) is 12. The van der Waals surface area contributed by atoms with Crippen LogP contribution < -0.4 is 4.74 Å². The highest BCUT2D eigenvalue weighted by Gasteiger charge is 2.64. The Morgan fingerprint density at radius 2 is 1.10 bits per heavy atom. The van der Waals surface area contributed by atoms with E-state index < -0.39 is 66.2 Å². The molecule has 1 spiro atoms. The van der Waals surface area contributed by atoms with Gasteiger partial charge in [-0.1, -0.05) is 152 Å². The first-order valence-electron chi connectivity index (χ1n) is 24.2. The molecule has 0 amide bonds. The predicted octanol–water partition coefficient (Wildman–Crippen LogP) is 10.2. The zero-order valence-corrected chi connectivity index (χ0v) is 40.1. The quantitative estimate of drug-likeness (QED) is 0.0937. The Balaban J connectivity index is 1.10. The molecule has 0 radical (unpaired) electrons. The Morgan fingerprint density at radius 3 is 1.66 bits per heavy atom. The molecule has 0 aliphatic carbocycles. The van der Waals surface area contributed by atoms with Crippen LogP contribution >= 0.6 is 0 Å². The van der Waals surface area contributed by atoms with Crippen molar-refractivity contribution in [2.24, 2.45) is 0 Å². The van der Waals surface area contributed by atoms with Crippen molar-refractivity contribution >= 4 is 0 Å². The molecule has 0 aromatic heterocycles. The zero-order chi connectivity index (χ0) is 48.1. The van der Waals surface area contributed by atoms with E-state index in [2.05, 4.69) is 0 Å².